The first-order valence-corrected chi connectivity index (χ1v) is 10.8. The maximum Gasteiger partial charge on any atom is 0.107 e. The van der Waals surface area contributed by atoms with E-state index < -0.39 is 0 Å². The van der Waals surface area contributed by atoms with Gasteiger partial charge in [-0.25, -0.2) is 4.98 Å². The number of hydrogen-bond acceptors (Lipinski definition) is 5. The van der Waals surface area contributed by atoms with E-state index in [-0.39, 0.29) is 0 Å². The molecular formula is C16H28N2S3. The molecule has 0 bridgehead atoms. The summed E-state index contributed by atoms with van der Waals surface area (Å²) in [7, 11) is 0. The molecule has 1 aromatic heterocycles. The number of thioether (sulfide) groups is 2. The summed E-state index contributed by atoms with van der Waals surface area (Å²) < 4.78 is 0. The van der Waals surface area contributed by atoms with Crippen molar-refractivity contribution in [2.75, 3.05) is 11.5 Å². The van der Waals surface area contributed by atoms with Crippen molar-refractivity contribution < 1.29 is 0 Å². The van der Waals surface area contributed by atoms with Crippen LogP contribution < -0.4 is 5.32 Å². The molecule has 1 aromatic rings. The Morgan fingerprint density at radius 1 is 1.19 bits per heavy atom. The fourth-order valence-electron chi connectivity index (χ4n) is 2.41. The Labute approximate surface area is 142 Å². The van der Waals surface area contributed by atoms with Crippen LogP contribution in [0.3, 0.4) is 0 Å². The van der Waals surface area contributed by atoms with Gasteiger partial charge in [0.1, 0.15) is 5.01 Å². The fourth-order valence-corrected chi connectivity index (χ4v) is 6.61. The summed E-state index contributed by atoms with van der Waals surface area (Å²) in [6.07, 6.45) is 1.10. The monoisotopic (exact) mass is 344 g/mol. The highest BCUT2D eigenvalue weighted by atomic mass is 32.2. The first-order chi connectivity index (χ1) is 9.97. The molecule has 2 rings (SSSR count). The van der Waals surface area contributed by atoms with Crippen LogP contribution in [0.1, 0.15) is 55.4 Å². The fraction of sp³-hybridized carbons (Fsp3) is 0.812. The van der Waals surface area contributed by atoms with Crippen LogP contribution >= 0.6 is 34.9 Å². The summed E-state index contributed by atoms with van der Waals surface area (Å²) in [5.74, 6) is 3.22. The molecule has 21 heavy (non-hydrogen) atoms. The van der Waals surface area contributed by atoms with Crippen LogP contribution in [0.2, 0.25) is 0 Å². The second kappa shape index (κ2) is 8.23. The zero-order valence-electron chi connectivity index (χ0n) is 13.8. The molecule has 1 aliphatic heterocycles. The number of thiazole rings is 1. The normalized spacial score (nSPS) is 23.2. The van der Waals surface area contributed by atoms with Gasteiger partial charge in [-0.2, -0.15) is 11.8 Å². The average Bonchev–Trinajstić information content (AvgIpc) is 2.79. The summed E-state index contributed by atoms with van der Waals surface area (Å²) in [5, 5.41) is 6.20. The summed E-state index contributed by atoms with van der Waals surface area (Å²) in [6, 6.07) is 0.529. The van der Waals surface area contributed by atoms with Crippen LogP contribution in [0.15, 0.2) is 0 Å². The van der Waals surface area contributed by atoms with E-state index in [0.717, 1.165) is 13.0 Å². The molecule has 2 unspecified atom stereocenters. The first-order valence-electron chi connectivity index (χ1n) is 7.92. The van der Waals surface area contributed by atoms with Crippen LogP contribution in [0.5, 0.6) is 0 Å². The quantitative estimate of drug-likeness (QED) is 0.805. The summed E-state index contributed by atoms with van der Waals surface area (Å²) >= 11 is 6.14. The van der Waals surface area contributed by atoms with E-state index in [9.17, 15) is 0 Å². The van der Waals surface area contributed by atoms with Gasteiger partial charge >= 0.3 is 0 Å². The molecule has 1 saturated heterocycles. The molecule has 2 atom stereocenters. The summed E-state index contributed by atoms with van der Waals surface area (Å²) in [4.78, 5) is 6.50. The molecule has 2 nitrogen and oxygen atoms in total. The van der Waals surface area contributed by atoms with Crippen LogP contribution in [-0.2, 0) is 13.0 Å². The van der Waals surface area contributed by atoms with Crippen molar-refractivity contribution in [2.24, 2.45) is 5.92 Å². The number of nitrogens with zero attached hydrogens (tertiary/aromatic N) is 1. The number of hydrogen-bond donors (Lipinski definition) is 1. The lowest BCUT2D eigenvalue weighted by Gasteiger charge is -2.25. The molecule has 0 amide bonds. The van der Waals surface area contributed by atoms with Gasteiger partial charge in [0.05, 0.1) is 10.9 Å². The SMILES string of the molecule is CC(C)Cc1nc(C2SCCSC2C)sc1CNC(C)C. The van der Waals surface area contributed by atoms with E-state index in [0.29, 0.717) is 22.5 Å². The largest absolute Gasteiger partial charge is 0.310 e. The van der Waals surface area contributed by atoms with Crippen molar-refractivity contribution in [3.63, 3.8) is 0 Å². The Morgan fingerprint density at radius 2 is 1.90 bits per heavy atom. The zero-order valence-corrected chi connectivity index (χ0v) is 16.3. The molecule has 0 spiro atoms. The minimum atomic E-state index is 0.529. The summed E-state index contributed by atoms with van der Waals surface area (Å²) in [5.41, 5.74) is 1.33. The third kappa shape index (κ3) is 5.15. The van der Waals surface area contributed by atoms with Crippen molar-refractivity contribution in [2.45, 2.75) is 64.1 Å². The van der Waals surface area contributed by atoms with Crippen molar-refractivity contribution in [3.05, 3.63) is 15.6 Å². The second-order valence-electron chi connectivity index (χ2n) is 6.42. The first kappa shape index (κ1) is 17.6. The van der Waals surface area contributed by atoms with Gasteiger partial charge in [-0.3, -0.25) is 0 Å². The molecule has 1 N–H and O–H groups in total. The summed E-state index contributed by atoms with van der Waals surface area (Å²) in [6.45, 7) is 12.3. The van der Waals surface area contributed by atoms with Gasteiger partial charge in [-0.15, -0.1) is 23.1 Å². The zero-order chi connectivity index (χ0) is 15.4. The maximum absolute atomic E-state index is 5.05. The lowest BCUT2D eigenvalue weighted by molar-refractivity contribution is 0.581. The Balaban J connectivity index is 2.17. The van der Waals surface area contributed by atoms with Crippen LogP contribution in [0.4, 0.5) is 0 Å². The minimum Gasteiger partial charge on any atom is -0.310 e. The van der Waals surface area contributed by atoms with Gasteiger partial charge < -0.3 is 5.32 Å². The van der Waals surface area contributed by atoms with Gasteiger partial charge in [0, 0.05) is 34.2 Å². The topological polar surface area (TPSA) is 24.9 Å². The predicted molar refractivity (Wildman–Crippen MR) is 99.8 cm³/mol. The molecule has 0 radical (unpaired) electrons. The van der Waals surface area contributed by atoms with Gasteiger partial charge in [-0.1, -0.05) is 34.6 Å². The van der Waals surface area contributed by atoms with E-state index in [4.69, 9.17) is 4.98 Å². The van der Waals surface area contributed by atoms with E-state index in [1.54, 1.807) is 0 Å². The molecule has 0 aromatic carbocycles. The van der Waals surface area contributed by atoms with Crippen molar-refractivity contribution >= 4 is 34.9 Å². The molecule has 0 aliphatic carbocycles. The standard InChI is InChI=1S/C16H28N2S3/c1-10(2)8-13-14(9-17-11(3)4)21-16(18-13)15-12(5)19-6-7-20-15/h10-12,15,17H,6-9H2,1-5H3. The van der Waals surface area contributed by atoms with Gasteiger partial charge in [0.15, 0.2) is 0 Å². The average molecular weight is 345 g/mol. The predicted octanol–water partition coefficient (Wildman–Crippen LogP) is 4.75. The van der Waals surface area contributed by atoms with Crippen LogP contribution in [0, 0.1) is 5.92 Å². The highest BCUT2D eigenvalue weighted by molar-refractivity contribution is 8.06. The molecule has 0 saturated carbocycles. The lowest BCUT2D eigenvalue weighted by Crippen LogP contribution is -2.22. The molecule has 1 fully saturated rings. The number of nitrogens with one attached hydrogen (secondary N) is 1. The van der Waals surface area contributed by atoms with Crippen molar-refractivity contribution in [3.8, 4) is 0 Å². The second-order valence-corrected chi connectivity index (χ2v) is 10.3. The Morgan fingerprint density at radius 3 is 2.52 bits per heavy atom. The molecule has 120 valence electrons. The molecular weight excluding hydrogens is 316 g/mol. The van der Waals surface area contributed by atoms with E-state index >= 15 is 0 Å². The van der Waals surface area contributed by atoms with Crippen LogP contribution in [0.25, 0.3) is 0 Å². The van der Waals surface area contributed by atoms with Gasteiger partial charge in [0.2, 0.25) is 0 Å². The van der Waals surface area contributed by atoms with Gasteiger partial charge in [0.25, 0.3) is 0 Å². The third-order valence-electron chi connectivity index (χ3n) is 3.50. The molecule has 2 heterocycles. The molecule has 1 aliphatic rings. The minimum absolute atomic E-state index is 0.529. The lowest BCUT2D eigenvalue weighted by atomic mass is 10.1. The highest BCUT2D eigenvalue weighted by Crippen LogP contribution is 2.44. The van der Waals surface area contributed by atoms with Crippen LogP contribution in [-0.4, -0.2) is 27.8 Å². The van der Waals surface area contributed by atoms with Crippen molar-refractivity contribution in [1.82, 2.24) is 10.3 Å². The smallest absolute Gasteiger partial charge is 0.107 e. The van der Waals surface area contributed by atoms with Gasteiger partial charge in [-0.05, 0) is 12.3 Å². The van der Waals surface area contributed by atoms with Crippen molar-refractivity contribution in [1.29, 1.82) is 0 Å². The number of rotatable bonds is 6. The van der Waals surface area contributed by atoms with E-state index in [1.165, 1.54) is 27.1 Å². The maximum atomic E-state index is 5.05. The van der Waals surface area contributed by atoms with E-state index in [1.807, 2.05) is 11.3 Å². The molecule has 5 heteroatoms. The Bertz CT molecular complexity index is 443. The highest BCUT2D eigenvalue weighted by Gasteiger charge is 2.28. The Kier molecular flexibility index (Phi) is 6.91. The number of aromatic nitrogens is 1. The third-order valence-corrected chi connectivity index (χ3v) is 7.93. The van der Waals surface area contributed by atoms with E-state index in [2.05, 4.69) is 63.5 Å². The Hall–Kier alpha value is 0.290.